The van der Waals surface area contributed by atoms with Crippen molar-refractivity contribution in [1.29, 1.82) is 0 Å². The van der Waals surface area contributed by atoms with Crippen molar-refractivity contribution in [2.75, 3.05) is 11.5 Å². The van der Waals surface area contributed by atoms with Gasteiger partial charge in [0.2, 0.25) is 9.70 Å². The van der Waals surface area contributed by atoms with Crippen molar-refractivity contribution in [2.24, 2.45) is 0 Å². The molecular formula is C15H19Cl3N2O4S. The number of hydrogen-bond donors (Lipinski definition) is 1. The van der Waals surface area contributed by atoms with Crippen molar-refractivity contribution >= 4 is 56.7 Å². The molecule has 0 saturated carbocycles. The highest BCUT2D eigenvalue weighted by atomic mass is 35.6. The van der Waals surface area contributed by atoms with E-state index in [-0.39, 0.29) is 11.9 Å². The first-order valence-corrected chi connectivity index (χ1v) is 10.2. The van der Waals surface area contributed by atoms with E-state index in [4.69, 9.17) is 34.8 Å². The maximum absolute atomic E-state index is 11.9. The lowest BCUT2D eigenvalue weighted by molar-refractivity contribution is -0.117. The summed E-state index contributed by atoms with van der Waals surface area (Å²) in [5.74, 6) is 0.0918. The van der Waals surface area contributed by atoms with E-state index in [1.54, 1.807) is 36.1 Å². The van der Waals surface area contributed by atoms with E-state index >= 15 is 0 Å². The second-order valence-electron chi connectivity index (χ2n) is 5.91. The maximum atomic E-state index is 11.9. The first kappa shape index (κ1) is 20.7. The van der Waals surface area contributed by atoms with Gasteiger partial charge in [-0.05, 0) is 38.0 Å². The summed E-state index contributed by atoms with van der Waals surface area (Å²) in [4.78, 5) is 13.7. The molecule has 140 valence electrons. The molecule has 6 nitrogen and oxygen atoms in total. The molecule has 2 unspecified atom stereocenters. The molecule has 1 N–H and O–H groups in total. The zero-order valence-corrected chi connectivity index (χ0v) is 16.8. The summed E-state index contributed by atoms with van der Waals surface area (Å²) in [6, 6.07) is 6.71. The number of halogens is 3. The first-order chi connectivity index (χ1) is 11.5. The van der Waals surface area contributed by atoms with Crippen LogP contribution in [0, 0.1) is 0 Å². The van der Waals surface area contributed by atoms with Crippen molar-refractivity contribution in [1.82, 2.24) is 4.72 Å². The van der Waals surface area contributed by atoms with Crippen LogP contribution in [0.3, 0.4) is 0 Å². The fourth-order valence-corrected chi connectivity index (χ4v) is 3.94. The molecule has 1 aliphatic rings. The number of anilines is 1. The molecule has 0 bridgehead atoms. The molecule has 2 atom stereocenters. The fraction of sp³-hybridized carbons (Fsp3) is 0.533. The molecule has 10 heteroatoms. The van der Waals surface area contributed by atoms with Crippen molar-refractivity contribution in [3.63, 3.8) is 0 Å². The van der Waals surface area contributed by atoms with Gasteiger partial charge in [-0.2, -0.15) is 13.1 Å². The highest BCUT2D eigenvalue weighted by Crippen LogP contribution is 2.28. The Morgan fingerprint density at radius 2 is 1.92 bits per heavy atom. The molecule has 0 aromatic heterocycles. The lowest BCUT2D eigenvalue weighted by atomic mass is 10.1. The Kier molecular flexibility index (Phi) is 6.62. The number of hydrogen-bond acceptors (Lipinski definition) is 4. The predicted molar refractivity (Wildman–Crippen MR) is 99.3 cm³/mol. The topological polar surface area (TPSA) is 75.7 Å². The number of nitrogens with zero attached hydrogens (tertiary/aromatic N) is 1. The predicted octanol–water partition coefficient (Wildman–Crippen LogP) is 3.48. The molecule has 1 fully saturated rings. The number of alkyl halides is 3. The largest absolute Gasteiger partial charge is 0.336 e. The normalized spacial score (nSPS) is 20.1. The van der Waals surface area contributed by atoms with E-state index in [1.165, 1.54) is 0 Å². The Morgan fingerprint density at radius 3 is 2.40 bits per heavy atom. The Bertz CT molecular complexity index is 719. The Hall–Kier alpha value is -0.570. The van der Waals surface area contributed by atoms with Crippen molar-refractivity contribution in [2.45, 2.75) is 42.6 Å². The summed E-state index contributed by atoms with van der Waals surface area (Å²) in [7, 11) is -4.07. The van der Waals surface area contributed by atoms with Crippen molar-refractivity contribution in [3.8, 4) is 0 Å². The first-order valence-electron chi connectivity index (χ1n) is 7.64. The SMILES string of the molecule is CC(NS(=O)(=O)OCC(Cl)(Cl)Cl)c1ccc(N2C(=O)CCC2C)cc1. The van der Waals surface area contributed by atoms with Crippen molar-refractivity contribution in [3.05, 3.63) is 29.8 Å². The van der Waals surface area contributed by atoms with Crippen LogP contribution in [0.2, 0.25) is 0 Å². The van der Waals surface area contributed by atoms with E-state index < -0.39 is 26.7 Å². The maximum Gasteiger partial charge on any atom is 0.336 e. The number of amides is 1. The second kappa shape index (κ2) is 7.98. The van der Waals surface area contributed by atoms with Gasteiger partial charge in [-0.3, -0.25) is 8.98 Å². The van der Waals surface area contributed by atoms with Gasteiger partial charge in [-0.1, -0.05) is 46.9 Å². The summed E-state index contributed by atoms with van der Waals surface area (Å²) < 4.78 is 28.9. The standard InChI is InChI=1S/C15H19Cl3N2O4S/c1-10-3-8-14(21)20(10)13-6-4-12(5-7-13)11(2)19-25(22,23)24-9-15(16,17)18/h4-7,10-11,19H,3,8-9H2,1-2H3. The Labute approximate surface area is 162 Å². The summed E-state index contributed by atoms with van der Waals surface area (Å²) in [6.45, 7) is 3.07. The van der Waals surface area contributed by atoms with Crippen LogP contribution in [-0.4, -0.2) is 30.8 Å². The lowest BCUT2D eigenvalue weighted by Gasteiger charge is -2.22. The highest BCUT2D eigenvalue weighted by molar-refractivity contribution is 7.84. The van der Waals surface area contributed by atoms with Crippen LogP contribution in [0.5, 0.6) is 0 Å². The summed E-state index contributed by atoms with van der Waals surface area (Å²) >= 11 is 16.4. The van der Waals surface area contributed by atoms with Crippen LogP contribution in [0.1, 0.15) is 38.3 Å². The van der Waals surface area contributed by atoms with Gasteiger partial charge >= 0.3 is 10.3 Å². The summed E-state index contributed by atoms with van der Waals surface area (Å²) in [5, 5.41) is 0. The molecule has 1 heterocycles. The van der Waals surface area contributed by atoms with Gasteiger partial charge in [0, 0.05) is 24.2 Å². The third-order valence-corrected chi connectivity index (χ3v) is 5.25. The molecule has 1 aromatic carbocycles. The number of benzene rings is 1. The van der Waals surface area contributed by atoms with Crippen LogP contribution in [0.4, 0.5) is 5.69 Å². The average Bonchev–Trinajstić information content (AvgIpc) is 2.83. The second-order valence-corrected chi connectivity index (χ2v) is 9.81. The van der Waals surface area contributed by atoms with Gasteiger partial charge in [0.05, 0.1) is 0 Å². The zero-order valence-electron chi connectivity index (χ0n) is 13.7. The zero-order chi connectivity index (χ0) is 18.8. The van der Waals surface area contributed by atoms with Gasteiger partial charge in [0.1, 0.15) is 6.61 Å². The van der Waals surface area contributed by atoms with Gasteiger partial charge in [-0.15, -0.1) is 0 Å². The van der Waals surface area contributed by atoms with E-state index in [2.05, 4.69) is 8.91 Å². The molecule has 0 aliphatic carbocycles. The molecular weight excluding hydrogens is 411 g/mol. The minimum atomic E-state index is -4.07. The van der Waals surface area contributed by atoms with Gasteiger partial charge < -0.3 is 4.90 Å². The molecule has 1 aromatic rings. The molecule has 1 amide bonds. The van der Waals surface area contributed by atoms with Crippen molar-refractivity contribution < 1.29 is 17.4 Å². The molecule has 0 radical (unpaired) electrons. The van der Waals surface area contributed by atoms with Crippen LogP contribution in [0.15, 0.2) is 24.3 Å². The number of carbonyl (C=O) groups excluding carboxylic acids is 1. The average molecular weight is 430 g/mol. The van der Waals surface area contributed by atoms with E-state index in [0.717, 1.165) is 12.1 Å². The number of rotatable bonds is 6. The molecule has 2 rings (SSSR count). The fourth-order valence-electron chi connectivity index (χ4n) is 2.61. The van der Waals surface area contributed by atoms with Crippen LogP contribution >= 0.6 is 34.8 Å². The Balaban J connectivity index is 2.03. The van der Waals surface area contributed by atoms with Gasteiger partial charge in [0.15, 0.2) is 0 Å². The molecule has 1 aliphatic heterocycles. The quantitative estimate of drug-likeness (QED) is 0.702. The molecule has 1 saturated heterocycles. The van der Waals surface area contributed by atoms with E-state index in [9.17, 15) is 13.2 Å². The van der Waals surface area contributed by atoms with Gasteiger partial charge in [0.25, 0.3) is 0 Å². The minimum absolute atomic E-state index is 0.0918. The monoisotopic (exact) mass is 428 g/mol. The Morgan fingerprint density at radius 1 is 1.32 bits per heavy atom. The highest BCUT2D eigenvalue weighted by Gasteiger charge is 2.29. The summed E-state index contributed by atoms with van der Waals surface area (Å²) in [5.41, 5.74) is 1.50. The third-order valence-electron chi connectivity index (χ3n) is 3.86. The minimum Gasteiger partial charge on any atom is -0.310 e. The summed E-state index contributed by atoms with van der Waals surface area (Å²) in [6.07, 6.45) is 1.37. The van der Waals surface area contributed by atoms with Crippen LogP contribution in [0.25, 0.3) is 0 Å². The van der Waals surface area contributed by atoms with E-state index in [1.807, 2.05) is 6.92 Å². The van der Waals surface area contributed by atoms with Crippen LogP contribution in [-0.2, 0) is 19.3 Å². The smallest absolute Gasteiger partial charge is 0.310 e. The lowest BCUT2D eigenvalue weighted by Crippen LogP contribution is -2.32. The van der Waals surface area contributed by atoms with E-state index in [0.29, 0.717) is 12.0 Å². The molecule has 0 spiro atoms. The third kappa shape index (κ3) is 5.98. The van der Waals surface area contributed by atoms with Crippen LogP contribution < -0.4 is 9.62 Å². The number of nitrogens with one attached hydrogen (secondary N) is 1. The number of carbonyl (C=O) groups is 1. The molecule has 25 heavy (non-hydrogen) atoms. The van der Waals surface area contributed by atoms with Gasteiger partial charge in [-0.25, -0.2) is 0 Å².